The quantitative estimate of drug-likeness (QED) is 0.522. The molecule has 1 aliphatic carbocycles. The number of nitrogens with zero attached hydrogens (tertiary/aromatic N) is 3. The van der Waals surface area contributed by atoms with Crippen LogP contribution in [-0.4, -0.2) is 37.6 Å². The van der Waals surface area contributed by atoms with Crippen molar-refractivity contribution >= 4 is 21.9 Å². The molecule has 2 aromatic heterocycles. The van der Waals surface area contributed by atoms with Gasteiger partial charge in [-0.3, -0.25) is 4.90 Å². The van der Waals surface area contributed by atoms with Crippen LogP contribution in [0.5, 0.6) is 0 Å². The fraction of sp³-hybridized carbons (Fsp3) is 0.400. The Labute approximate surface area is 170 Å². The minimum absolute atomic E-state index is 0.707. The maximum Gasteiger partial charge on any atom is 0.111 e. The fourth-order valence-electron chi connectivity index (χ4n) is 6.03. The van der Waals surface area contributed by atoms with Gasteiger partial charge in [-0.15, -0.1) is 0 Å². The van der Waals surface area contributed by atoms with Crippen LogP contribution in [0, 0.1) is 0 Å². The molecule has 1 N–H and O–H groups in total. The second kappa shape index (κ2) is 5.96. The molecule has 1 saturated heterocycles. The molecule has 0 amide bonds. The molecule has 4 nitrogen and oxygen atoms in total. The van der Waals surface area contributed by atoms with Gasteiger partial charge in [0.15, 0.2) is 0 Å². The summed E-state index contributed by atoms with van der Waals surface area (Å²) in [5, 5.41) is 1.26. The topological polar surface area (TPSA) is 36.9 Å². The van der Waals surface area contributed by atoms with Crippen LogP contribution in [0.4, 0.5) is 0 Å². The standard InChI is InChI=1S/C25H26N4/c1-2-19(3-1)29-20-6-7-21(29)15-28-24-9-5-17(13-23(24)27-25(28)14-20)16-4-8-22-18(12-16)10-11-26-22/h4-5,8-13,19-21,26H,1-3,6-7,14-15H2. The van der Waals surface area contributed by atoms with Crippen molar-refractivity contribution < 1.29 is 0 Å². The van der Waals surface area contributed by atoms with Gasteiger partial charge < -0.3 is 9.55 Å². The lowest BCUT2D eigenvalue weighted by atomic mass is 9.90. The first-order chi connectivity index (χ1) is 14.3. The molecule has 2 fully saturated rings. The zero-order valence-corrected chi connectivity index (χ0v) is 16.6. The Kier molecular flexibility index (Phi) is 3.34. The summed E-state index contributed by atoms with van der Waals surface area (Å²) >= 11 is 0. The van der Waals surface area contributed by atoms with E-state index in [1.54, 1.807) is 0 Å². The van der Waals surface area contributed by atoms with Gasteiger partial charge in [-0.1, -0.05) is 18.6 Å². The summed E-state index contributed by atoms with van der Waals surface area (Å²) in [6.07, 6.45) is 10.1. The minimum atomic E-state index is 0.707. The number of benzene rings is 2. The molecule has 146 valence electrons. The van der Waals surface area contributed by atoms with Crippen LogP contribution in [-0.2, 0) is 13.0 Å². The minimum Gasteiger partial charge on any atom is -0.361 e. The Morgan fingerprint density at radius 3 is 2.62 bits per heavy atom. The summed E-state index contributed by atoms with van der Waals surface area (Å²) in [6.45, 7) is 1.12. The lowest BCUT2D eigenvalue weighted by Gasteiger charge is -2.41. The predicted octanol–water partition coefficient (Wildman–Crippen LogP) is 5.13. The average molecular weight is 383 g/mol. The summed E-state index contributed by atoms with van der Waals surface area (Å²) in [4.78, 5) is 11.3. The zero-order valence-electron chi connectivity index (χ0n) is 16.6. The second-order valence-corrected chi connectivity index (χ2v) is 9.24. The highest BCUT2D eigenvalue weighted by atomic mass is 15.3. The summed E-state index contributed by atoms with van der Waals surface area (Å²) in [6, 6.07) is 17.9. The average Bonchev–Trinajstić information content (AvgIpc) is 3.36. The van der Waals surface area contributed by atoms with Crippen LogP contribution in [0.25, 0.3) is 33.1 Å². The van der Waals surface area contributed by atoms with E-state index in [9.17, 15) is 0 Å². The monoisotopic (exact) mass is 382 g/mol. The third-order valence-corrected chi connectivity index (χ3v) is 7.70. The molecule has 2 bridgehead atoms. The molecule has 3 aliphatic rings. The largest absolute Gasteiger partial charge is 0.361 e. The molecule has 0 spiro atoms. The number of H-pyrrole nitrogens is 1. The fourth-order valence-corrected chi connectivity index (χ4v) is 6.03. The molecule has 4 heterocycles. The zero-order chi connectivity index (χ0) is 18.9. The third kappa shape index (κ3) is 2.39. The van der Waals surface area contributed by atoms with Crippen LogP contribution in [0.15, 0.2) is 48.7 Å². The molecule has 4 heteroatoms. The number of aromatic nitrogens is 3. The van der Waals surface area contributed by atoms with Gasteiger partial charge in [0.1, 0.15) is 5.82 Å². The van der Waals surface area contributed by atoms with E-state index in [0.717, 1.165) is 24.5 Å². The maximum absolute atomic E-state index is 5.14. The van der Waals surface area contributed by atoms with Gasteiger partial charge in [0, 0.05) is 42.8 Å². The van der Waals surface area contributed by atoms with Gasteiger partial charge in [0.25, 0.3) is 0 Å². The molecule has 0 radical (unpaired) electrons. The van der Waals surface area contributed by atoms with Gasteiger partial charge in [-0.05, 0) is 72.5 Å². The van der Waals surface area contributed by atoms with Crippen LogP contribution in [0.2, 0.25) is 0 Å². The molecule has 2 unspecified atom stereocenters. The highest BCUT2D eigenvalue weighted by Gasteiger charge is 2.42. The lowest BCUT2D eigenvalue weighted by molar-refractivity contribution is 0.0739. The van der Waals surface area contributed by atoms with Crippen molar-refractivity contribution in [2.45, 2.75) is 63.2 Å². The smallest absolute Gasteiger partial charge is 0.111 e. The van der Waals surface area contributed by atoms with Crippen LogP contribution < -0.4 is 0 Å². The van der Waals surface area contributed by atoms with Crippen molar-refractivity contribution in [1.29, 1.82) is 0 Å². The SMILES string of the molecule is c1cc2cc(-c3ccc4c(c3)nc3n4CC4CCC(C3)N4C3CCC3)ccc2[nH]1. The number of nitrogens with one attached hydrogen (secondary N) is 1. The van der Waals surface area contributed by atoms with Crippen molar-refractivity contribution in [1.82, 2.24) is 19.4 Å². The van der Waals surface area contributed by atoms with Gasteiger partial charge in [0.05, 0.1) is 11.0 Å². The number of imidazole rings is 1. The van der Waals surface area contributed by atoms with Gasteiger partial charge in [0.2, 0.25) is 0 Å². The Hall–Kier alpha value is -2.59. The Balaban J connectivity index is 1.28. The summed E-state index contributed by atoms with van der Waals surface area (Å²) < 4.78 is 2.53. The summed E-state index contributed by atoms with van der Waals surface area (Å²) in [5.74, 6) is 1.30. The van der Waals surface area contributed by atoms with Crippen molar-refractivity contribution in [3.05, 3.63) is 54.5 Å². The molecule has 7 rings (SSSR count). The van der Waals surface area contributed by atoms with E-state index in [0.29, 0.717) is 12.1 Å². The summed E-state index contributed by atoms with van der Waals surface area (Å²) in [7, 11) is 0. The van der Waals surface area contributed by atoms with Crippen molar-refractivity contribution in [2.75, 3.05) is 0 Å². The third-order valence-electron chi connectivity index (χ3n) is 7.70. The van der Waals surface area contributed by atoms with Gasteiger partial charge in [-0.25, -0.2) is 4.98 Å². The first-order valence-corrected chi connectivity index (χ1v) is 11.2. The van der Waals surface area contributed by atoms with Crippen LogP contribution in [0.3, 0.4) is 0 Å². The second-order valence-electron chi connectivity index (χ2n) is 9.24. The molecule has 4 aromatic rings. The normalized spacial score (nSPS) is 24.7. The first kappa shape index (κ1) is 16.2. The molecule has 2 aliphatic heterocycles. The van der Waals surface area contributed by atoms with Gasteiger partial charge in [-0.2, -0.15) is 0 Å². The van der Waals surface area contributed by atoms with E-state index in [2.05, 4.69) is 56.9 Å². The first-order valence-electron chi connectivity index (χ1n) is 11.2. The van der Waals surface area contributed by atoms with Crippen LogP contribution in [0.1, 0.15) is 37.9 Å². The van der Waals surface area contributed by atoms with Crippen molar-refractivity contribution in [3.8, 4) is 11.1 Å². The lowest BCUT2D eigenvalue weighted by Crippen LogP contribution is -2.48. The Morgan fingerprint density at radius 1 is 0.862 bits per heavy atom. The molecular formula is C25H26N4. The van der Waals surface area contributed by atoms with E-state index in [1.807, 2.05) is 6.20 Å². The molecule has 1 saturated carbocycles. The summed E-state index contributed by atoms with van der Waals surface area (Å²) in [5.41, 5.74) is 6.18. The molecule has 2 atom stereocenters. The number of hydrogen-bond acceptors (Lipinski definition) is 2. The van der Waals surface area contributed by atoms with Crippen molar-refractivity contribution in [2.24, 2.45) is 0 Å². The Bertz CT molecular complexity index is 1230. The maximum atomic E-state index is 5.14. The number of fused-ring (bicyclic) bond motifs is 6. The van der Waals surface area contributed by atoms with E-state index >= 15 is 0 Å². The predicted molar refractivity (Wildman–Crippen MR) is 117 cm³/mol. The van der Waals surface area contributed by atoms with E-state index < -0.39 is 0 Å². The van der Waals surface area contributed by atoms with E-state index in [-0.39, 0.29) is 0 Å². The van der Waals surface area contributed by atoms with Crippen molar-refractivity contribution in [3.63, 3.8) is 0 Å². The highest BCUT2D eigenvalue weighted by Crippen LogP contribution is 2.40. The number of hydrogen-bond donors (Lipinski definition) is 1. The molecular weight excluding hydrogens is 356 g/mol. The number of aromatic amines is 1. The van der Waals surface area contributed by atoms with Gasteiger partial charge >= 0.3 is 0 Å². The molecule has 2 aromatic carbocycles. The Morgan fingerprint density at radius 2 is 1.72 bits per heavy atom. The van der Waals surface area contributed by atoms with E-state index in [1.165, 1.54) is 65.5 Å². The molecule has 29 heavy (non-hydrogen) atoms. The van der Waals surface area contributed by atoms with Crippen LogP contribution >= 0.6 is 0 Å². The number of rotatable bonds is 2. The highest BCUT2D eigenvalue weighted by molar-refractivity contribution is 5.88. The van der Waals surface area contributed by atoms with E-state index in [4.69, 9.17) is 4.98 Å².